The van der Waals surface area contributed by atoms with E-state index in [1.54, 1.807) is 7.11 Å². The molecule has 168 valence electrons. The highest BCUT2D eigenvalue weighted by Gasteiger charge is 2.68. The van der Waals surface area contributed by atoms with Gasteiger partial charge < -0.3 is 14.3 Å². The molecule has 0 amide bonds. The Labute approximate surface area is 180 Å². The number of rotatable bonds is 4. The molecular formula is C24H37NO5. The molecule has 6 unspecified atom stereocenters. The number of methoxy groups -OCH3 is 1. The van der Waals surface area contributed by atoms with E-state index >= 15 is 0 Å². The van der Waals surface area contributed by atoms with E-state index < -0.39 is 5.41 Å². The maximum absolute atomic E-state index is 12.8. The molecule has 0 aromatic carbocycles. The van der Waals surface area contributed by atoms with Gasteiger partial charge in [0.05, 0.1) is 18.2 Å². The Hall–Kier alpha value is -1.59. The van der Waals surface area contributed by atoms with Crippen molar-refractivity contribution < 1.29 is 23.9 Å². The van der Waals surface area contributed by atoms with Gasteiger partial charge in [-0.1, -0.05) is 18.5 Å². The lowest BCUT2D eigenvalue weighted by molar-refractivity contribution is -0.187. The zero-order chi connectivity index (χ0) is 21.8. The fourth-order valence-electron chi connectivity index (χ4n) is 8.52. The summed E-state index contributed by atoms with van der Waals surface area (Å²) in [6.45, 7) is 6.45. The minimum Gasteiger partial charge on any atom is -0.469 e. The quantitative estimate of drug-likeness (QED) is 0.495. The summed E-state index contributed by atoms with van der Waals surface area (Å²) in [5.74, 6) is 0.623. The summed E-state index contributed by atoms with van der Waals surface area (Å²) in [6, 6.07) is 0. The first-order valence-corrected chi connectivity index (χ1v) is 11.5. The van der Waals surface area contributed by atoms with E-state index in [4.69, 9.17) is 14.3 Å². The molecule has 6 atom stereocenters. The van der Waals surface area contributed by atoms with Crippen LogP contribution >= 0.6 is 0 Å². The minimum absolute atomic E-state index is 0.0394. The van der Waals surface area contributed by atoms with Crippen LogP contribution in [0.25, 0.3) is 0 Å². The van der Waals surface area contributed by atoms with Crippen molar-refractivity contribution in [2.75, 3.05) is 20.8 Å². The molecule has 4 aliphatic carbocycles. The van der Waals surface area contributed by atoms with Gasteiger partial charge in [-0.25, -0.2) is 0 Å². The smallest absolute Gasteiger partial charge is 0.311 e. The molecule has 0 aromatic heterocycles. The van der Waals surface area contributed by atoms with Gasteiger partial charge in [0.2, 0.25) is 0 Å². The monoisotopic (exact) mass is 419 g/mol. The Bertz CT molecular complexity index is 765. The number of hydrogen-bond acceptors (Lipinski definition) is 6. The number of oxime groups is 1. The van der Waals surface area contributed by atoms with Crippen LogP contribution < -0.4 is 0 Å². The van der Waals surface area contributed by atoms with E-state index in [2.05, 4.69) is 19.0 Å². The molecular weight excluding hydrogens is 382 g/mol. The van der Waals surface area contributed by atoms with Crippen LogP contribution in [0.5, 0.6) is 0 Å². The predicted molar refractivity (Wildman–Crippen MR) is 113 cm³/mol. The first kappa shape index (κ1) is 21.6. The van der Waals surface area contributed by atoms with E-state index in [0.29, 0.717) is 18.4 Å². The first-order valence-electron chi connectivity index (χ1n) is 11.5. The highest BCUT2D eigenvalue weighted by atomic mass is 16.6. The van der Waals surface area contributed by atoms with Crippen LogP contribution in [0.4, 0.5) is 0 Å². The highest BCUT2D eigenvalue weighted by Crippen LogP contribution is 2.73. The van der Waals surface area contributed by atoms with E-state index in [1.807, 2.05) is 0 Å². The predicted octanol–water partition coefficient (Wildman–Crippen LogP) is 4.51. The topological polar surface area (TPSA) is 74.2 Å². The number of hydrogen-bond donors (Lipinski definition) is 0. The van der Waals surface area contributed by atoms with E-state index in [0.717, 1.165) is 57.1 Å². The Morgan fingerprint density at radius 1 is 1.07 bits per heavy atom. The lowest BCUT2D eigenvalue weighted by Gasteiger charge is -2.64. The van der Waals surface area contributed by atoms with Gasteiger partial charge in [0, 0.05) is 12.3 Å². The Balaban J connectivity index is 1.69. The normalized spacial score (nSPS) is 46.0. The average Bonchev–Trinajstić information content (AvgIpc) is 2.92. The molecule has 4 rings (SSSR count). The van der Waals surface area contributed by atoms with Crippen molar-refractivity contribution in [2.24, 2.45) is 38.7 Å². The summed E-state index contributed by atoms with van der Waals surface area (Å²) >= 11 is 0. The fourth-order valence-corrected chi connectivity index (χ4v) is 8.52. The van der Waals surface area contributed by atoms with Crippen LogP contribution in [-0.4, -0.2) is 38.5 Å². The second-order valence-corrected chi connectivity index (χ2v) is 10.9. The zero-order valence-electron chi connectivity index (χ0n) is 19.2. The first-order chi connectivity index (χ1) is 14.2. The summed E-state index contributed by atoms with van der Waals surface area (Å²) in [4.78, 5) is 29.6. The summed E-state index contributed by atoms with van der Waals surface area (Å²) < 4.78 is 10.8. The van der Waals surface area contributed by atoms with Crippen molar-refractivity contribution in [2.45, 2.75) is 78.6 Å². The molecule has 1 spiro atoms. The van der Waals surface area contributed by atoms with Gasteiger partial charge in [-0.15, -0.1) is 0 Å². The standard InChI is InChI=1S/C24H37NO5/c1-16(26)30-15-24-12-8-18-21(2)9-6-10-22(3,20(27)28-4)17(21)7-11-23(18,14-24)13-19(24)25-29-5/h17-18H,6-15H2,1-5H3/b25-19+. The summed E-state index contributed by atoms with van der Waals surface area (Å²) in [5.41, 5.74) is 0.770. The molecule has 6 nitrogen and oxygen atoms in total. The molecule has 0 aliphatic heterocycles. The van der Waals surface area contributed by atoms with E-state index in [9.17, 15) is 9.59 Å². The van der Waals surface area contributed by atoms with Crippen LogP contribution in [-0.2, 0) is 23.9 Å². The molecule has 0 radical (unpaired) electrons. The van der Waals surface area contributed by atoms with Gasteiger partial charge >= 0.3 is 11.9 Å². The van der Waals surface area contributed by atoms with Gasteiger partial charge in [-0.05, 0) is 81.0 Å². The third-order valence-electron chi connectivity index (χ3n) is 9.58. The van der Waals surface area contributed by atoms with Gasteiger partial charge in [-0.2, -0.15) is 0 Å². The summed E-state index contributed by atoms with van der Waals surface area (Å²) in [5, 5.41) is 4.45. The molecule has 0 saturated heterocycles. The number of fused-ring (bicyclic) bond motifs is 3. The summed E-state index contributed by atoms with van der Waals surface area (Å²) in [7, 11) is 3.13. The van der Waals surface area contributed by atoms with Crippen LogP contribution in [0.2, 0.25) is 0 Å². The number of nitrogens with zero attached hydrogens (tertiary/aromatic N) is 1. The Morgan fingerprint density at radius 2 is 1.80 bits per heavy atom. The van der Waals surface area contributed by atoms with Gasteiger partial charge in [0.1, 0.15) is 13.7 Å². The second kappa shape index (κ2) is 7.23. The molecule has 30 heavy (non-hydrogen) atoms. The van der Waals surface area contributed by atoms with Crippen molar-refractivity contribution in [3.05, 3.63) is 0 Å². The maximum atomic E-state index is 12.8. The van der Waals surface area contributed by atoms with Crippen LogP contribution in [0.1, 0.15) is 78.6 Å². The number of carbonyl (C=O) groups excluding carboxylic acids is 2. The molecule has 4 saturated carbocycles. The number of ether oxygens (including phenoxy) is 2. The van der Waals surface area contributed by atoms with E-state index in [-0.39, 0.29) is 28.2 Å². The Morgan fingerprint density at radius 3 is 2.47 bits per heavy atom. The second-order valence-electron chi connectivity index (χ2n) is 10.9. The lowest BCUT2D eigenvalue weighted by Crippen LogP contribution is -2.59. The molecule has 0 N–H and O–H groups in total. The number of carbonyl (C=O) groups is 2. The molecule has 0 heterocycles. The average molecular weight is 420 g/mol. The van der Waals surface area contributed by atoms with Crippen molar-refractivity contribution in [1.29, 1.82) is 0 Å². The van der Waals surface area contributed by atoms with Crippen molar-refractivity contribution in [3.63, 3.8) is 0 Å². The van der Waals surface area contributed by atoms with Gasteiger partial charge in [0.25, 0.3) is 0 Å². The SMILES string of the molecule is CO/N=C1\CC23CCC4C(C)(C(=O)OC)CCCC4(C)C2CCC1(COC(C)=O)C3. The lowest BCUT2D eigenvalue weighted by atomic mass is 9.40. The largest absolute Gasteiger partial charge is 0.469 e. The van der Waals surface area contributed by atoms with Crippen molar-refractivity contribution in [1.82, 2.24) is 0 Å². The Kier molecular flexibility index (Phi) is 5.22. The molecule has 4 fully saturated rings. The molecule has 2 bridgehead atoms. The van der Waals surface area contributed by atoms with Crippen LogP contribution in [0.3, 0.4) is 0 Å². The van der Waals surface area contributed by atoms with E-state index in [1.165, 1.54) is 20.5 Å². The maximum Gasteiger partial charge on any atom is 0.311 e. The third kappa shape index (κ3) is 2.92. The minimum atomic E-state index is -0.391. The molecule has 6 heteroatoms. The van der Waals surface area contributed by atoms with Crippen LogP contribution in [0.15, 0.2) is 5.16 Å². The number of esters is 2. The van der Waals surface area contributed by atoms with Crippen LogP contribution in [0, 0.1) is 33.5 Å². The highest BCUT2D eigenvalue weighted by molar-refractivity contribution is 5.93. The van der Waals surface area contributed by atoms with Gasteiger partial charge in [-0.3, -0.25) is 9.59 Å². The van der Waals surface area contributed by atoms with Crippen molar-refractivity contribution >= 4 is 17.7 Å². The summed E-state index contributed by atoms with van der Waals surface area (Å²) in [6.07, 6.45) is 9.29. The molecule has 0 aromatic rings. The van der Waals surface area contributed by atoms with Gasteiger partial charge in [0.15, 0.2) is 0 Å². The fraction of sp³-hybridized carbons (Fsp3) is 0.875. The zero-order valence-corrected chi connectivity index (χ0v) is 19.2. The van der Waals surface area contributed by atoms with Crippen molar-refractivity contribution in [3.8, 4) is 0 Å². The molecule has 4 aliphatic rings. The third-order valence-corrected chi connectivity index (χ3v) is 9.58.